The lowest BCUT2D eigenvalue weighted by molar-refractivity contribution is 0.103. The largest absolute Gasteiger partial charge is 0.493 e. The summed E-state index contributed by atoms with van der Waals surface area (Å²) >= 11 is 0. The number of carbonyl (C=O) groups excluding carboxylic acids is 1. The third-order valence-corrected chi connectivity index (χ3v) is 5.07. The van der Waals surface area contributed by atoms with Crippen LogP contribution in [0.15, 0.2) is 54.9 Å². The number of methoxy groups -OCH3 is 2. The molecule has 152 valence electrons. The molecule has 0 bridgehead atoms. The Hall–Kier alpha value is -4.40. The Bertz CT molecular complexity index is 1430. The van der Waals surface area contributed by atoms with E-state index < -0.39 is 0 Å². The lowest BCUT2D eigenvalue weighted by Gasteiger charge is -2.13. The molecule has 0 aliphatic heterocycles. The molecule has 9 heteroatoms. The van der Waals surface area contributed by atoms with Crippen molar-refractivity contribution in [2.24, 2.45) is 0 Å². The third kappa shape index (κ3) is 3.03. The SMILES string of the molecule is COc1cc2c(-c3nn[nH]n3)cnc(C(=O)c3cccc4cccnc34)c2cc1OC. The molecule has 31 heavy (non-hydrogen) atoms. The van der Waals surface area contributed by atoms with Crippen LogP contribution in [0.1, 0.15) is 16.1 Å². The van der Waals surface area contributed by atoms with E-state index in [0.717, 1.165) is 5.39 Å². The number of hydrogen-bond donors (Lipinski definition) is 1. The summed E-state index contributed by atoms with van der Waals surface area (Å²) < 4.78 is 10.9. The number of nitrogens with zero attached hydrogens (tertiary/aromatic N) is 5. The fraction of sp³-hybridized carbons (Fsp3) is 0.0909. The van der Waals surface area contributed by atoms with E-state index in [1.165, 1.54) is 7.11 Å². The van der Waals surface area contributed by atoms with Crippen molar-refractivity contribution in [3.63, 3.8) is 0 Å². The predicted molar refractivity (Wildman–Crippen MR) is 113 cm³/mol. The molecule has 3 aromatic heterocycles. The second-order valence-electron chi connectivity index (χ2n) is 6.72. The van der Waals surface area contributed by atoms with Crippen molar-refractivity contribution in [1.29, 1.82) is 0 Å². The second-order valence-corrected chi connectivity index (χ2v) is 6.72. The van der Waals surface area contributed by atoms with Gasteiger partial charge in [-0.05, 0) is 29.5 Å². The van der Waals surface area contributed by atoms with Gasteiger partial charge in [0, 0.05) is 34.1 Å². The molecule has 0 amide bonds. The van der Waals surface area contributed by atoms with Crippen molar-refractivity contribution in [1.82, 2.24) is 30.6 Å². The van der Waals surface area contributed by atoms with Gasteiger partial charge in [0.25, 0.3) is 0 Å². The van der Waals surface area contributed by atoms with Gasteiger partial charge in [0.1, 0.15) is 5.69 Å². The number of ether oxygens (including phenoxy) is 2. The van der Waals surface area contributed by atoms with E-state index in [1.807, 2.05) is 24.3 Å². The molecular formula is C22H16N6O3. The molecule has 3 heterocycles. The first kappa shape index (κ1) is 18.6. The minimum atomic E-state index is -0.249. The zero-order valence-corrected chi connectivity index (χ0v) is 16.7. The van der Waals surface area contributed by atoms with Gasteiger partial charge in [-0.1, -0.05) is 18.2 Å². The monoisotopic (exact) mass is 412 g/mol. The van der Waals surface area contributed by atoms with E-state index >= 15 is 0 Å². The van der Waals surface area contributed by atoms with Gasteiger partial charge >= 0.3 is 0 Å². The summed E-state index contributed by atoms with van der Waals surface area (Å²) in [6.45, 7) is 0. The minimum Gasteiger partial charge on any atom is -0.493 e. The van der Waals surface area contributed by atoms with Crippen LogP contribution in [0, 0.1) is 0 Å². The lowest BCUT2D eigenvalue weighted by Crippen LogP contribution is -2.07. The zero-order valence-electron chi connectivity index (χ0n) is 16.7. The number of aromatic nitrogens is 6. The number of hydrogen-bond acceptors (Lipinski definition) is 8. The fourth-order valence-corrected chi connectivity index (χ4v) is 3.62. The van der Waals surface area contributed by atoms with E-state index in [1.54, 1.807) is 37.7 Å². The predicted octanol–water partition coefficient (Wildman–Crippen LogP) is 3.21. The van der Waals surface area contributed by atoms with Gasteiger partial charge in [0.05, 0.1) is 25.3 Å². The summed E-state index contributed by atoms with van der Waals surface area (Å²) in [5.41, 5.74) is 1.96. The fourth-order valence-electron chi connectivity index (χ4n) is 3.62. The maximum Gasteiger partial charge on any atom is 0.214 e. The van der Waals surface area contributed by atoms with Crippen LogP contribution in [-0.4, -0.2) is 50.6 Å². The summed E-state index contributed by atoms with van der Waals surface area (Å²) in [6.07, 6.45) is 3.22. The van der Waals surface area contributed by atoms with E-state index in [0.29, 0.717) is 44.7 Å². The number of para-hydroxylation sites is 1. The molecule has 0 saturated carbocycles. The average Bonchev–Trinajstić information content (AvgIpc) is 3.36. The van der Waals surface area contributed by atoms with Crippen LogP contribution in [0.5, 0.6) is 11.5 Å². The van der Waals surface area contributed by atoms with E-state index in [2.05, 4.69) is 30.6 Å². The lowest BCUT2D eigenvalue weighted by atomic mass is 9.97. The standard InChI is InChI=1S/C22H16N6O3/c1-30-17-9-14-15(10-18(17)31-2)20(24-11-16(14)22-25-27-28-26-22)21(29)13-7-3-5-12-6-4-8-23-19(12)13/h3-11H,1-2H3,(H,25,26,27,28). The van der Waals surface area contributed by atoms with Crippen molar-refractivity contribution in [3.05, 3.63) is 66.1 Å². The van der Waals surface area contributed by atoms with Crippen molar-refractivity contribution in [3.8, 4) is 22.9 Å². The first-order chi connectivity index (χ1) is 15.2. The number of benzene rings is 2. The molecule has 2 aromatic carbocycles. The van der Waals surface area contributed by atoms with Crippen LogP contribution >= 0.6 is 0 Å². The van der Waals surface area contributed by atoms with Gasteiger partial charge < -0.3 is 9.47 Å². The number of fused-ring (bicyclic) bond motifs is 2. The highest BCUT2D eigenvalue weighted by atomic mass is 16.5. The molecule has 0 unspecified atom stereocenters. The topological polar surface area (TPSA) is 116 Å². The molecular weight excluding hydrogens is 396 g/mol. The van der Waals surface area contributed by atoms with Crippen molar-refractivity contribution in [2.75, 3.05) is 14.2 Å². The Balaban J connectivity index is 1.79. The van der Waals surface area contributed by atoms with Gasteiger partial charge in [-0.25, -0.2) is 0 Å². The molecule has 5 rings (SSSR count). The van der Waals surface area contributed by atoms with Gasteiger partial charge in [-0.3, -0.25) is 14.8 Å². The summed E-state index contributed by atoms with van der Waals surface area (Å²) in [5, 5.41) is 16.3. The molecule has 1 N–H and O–H groups in total. The number of nitrogens with one attached hydrogen (secondary N) is 1. The van der Waals surface area contributed by atoms with E-state index in [9.17, 15) is 4.79 Å². The number of tetrazole rings is 1. The molecule has 0 aliphatic rings. The number of aromatic amines is 1. The minimum absolute atomic E-state index is 0.249. The smallest absolute Gasteiger partial charge is 0.214 e. The molecule has 9 nitrogen and oxygen atoms in total. The summed E-state index contributed by atoms with van der Waals surface area (Å²) in [6, 6.07) is 12.8. The highest BCUT2D eigenvalue weighted by Gasteiger charge is 2.22. The number of rotatable bonds is 5. The van der Waals surface area contributed by atoms with Crippen LogP contribution in [-0.2, 0) is 0 Å². The third-order valence-electron chi connectivity index (χ3n) is 5.07. The first-order valence-corrected chi connectivity index (χ1v) is 9.38. The first-order valence-electron chi connectivity index (χ1n) is 9.38. The normalized spacial score (nSPS) is 11.0. The molecule has 0 aliphatic carbocycles. The summed E-state index contributed by atoms with van der Waals surface area (Å²) in [4.78, 5) is 22.5. The number of ketones is 1. The Labute approximate surface area is 176 Å². The van der Waals surface area contributed by atoms with Crippen molar-refractivity contribution >= 4 is 27.5 Å². The highest BCUT2D eigenvalue weighted by molar-refractivity contribution is 6.20. The van der Waals surface area contributed by atoms with Gasteiger partial charge in [-0.15, -0.1) is 10.2 Å². The average molecular weight is 412 g/mol. The van der Waals surface area contributed by atoms with Crippen LogP contribution < -0.4 is 9.47 Å². The number of pyridine rings is 2. The molecule has 5 aromatic rings. The van der Waals surface area contributed by atoms with Crippen LogP contribution in [0.3, 0.4) is 0 Å². The van der Waals surface area contributed by atoms with Crippen molar-refractivity contribution < 1.29 is 14.3 Å². The Morgan fingerprint density at radius 2 is 1.74 bits per heavy atom. The van der Waals surface area contributed by atoms with Gasteiger partial charge in [0.2, 0.25) is 11.6 Å². The Kier molecular flexibility index (Phi) is 4.47. The van der Waals surface area contributed by atoms with E-state index in [4.69, 9.17) is 9.47 Å². The number of H-pyrrole nitrogens is 1. The quantitative estimate of drug-likeness (QED) is 0.438. The highest BCUT2D eigenvalue weighted by Crippen LogP contribution is 2.37. The van der Waals surface area contributed by atoms with Gasteiger partial charge in [0.15, 0.2) is 11.5 Å². The summed E-state index contributed by atoms with van der Waals surface area (Å²) in [7, 11) is 3.09. The van der Waals surface area contributed by atoms with Crippen LogP contribution in [0.4, 0.5) is 0 Å². The van der Waals surface area contributed by atoms with Gasteiger partial charge in [-0.2, -0.15) is 5.21 Å². The molecule has 0 atom stereocenters. The Morgan fingerprint density at radius 1 is 0.968 bits per heavy atom. The number of carbonyl (C=O) groups is 1. The summed E-state index contributed by atoms with van der Waals surface area (Å²) in [5.74, 6) is 1.10. The maximum absolute atomic E-state index is 13.6. The zero-order chi connectivity index (χ0) is 21.4. The molecule has 0 fully saturated rings. The van der Waals surface area contributed by atoms with Crippen LogP contribution in [0.25, 0.3) is 33.1 Å². The maximum atomic E-state index is 13.6. The molecule has 0 saturated heterocycles. The van der Waals surface area contributed by atoms with E-state index in [-0.39, 0.29) is 11.5 Å². The van der Waals surface area contributed by atoms with Crippen LogP contribution in [0.2, 0.25) is 0 Å². The Morgan fingerprint density at radius 3 is 2.48 bits per heavy atom. The van der Waals surface area contributed by atoms with Crippen molar-refractivity contribution in [2.45, 2.75) is 0 Å². The molecule has 0 radical (unpaired) electrons. The molecule has 0 spiro atoms. The second kappa shape index (κ2) is 7.45.